The highest BCUT2D eigenvalue weighted by Crippen LogP contribution is 2.33. The van der Waals surface area contributed by atoms with Crippen molar-refractivity contribution in [1.82, 2.24) is 20.1 Å². The van der Waals surface area contributed by atoms with E-state index in [1.165, 1.54) is 25.0 Å². The summed E-state index contributed by atoms with van der Waals surface area (Å²) in [5, 5.41) is 6.99. The molecule has 0 aromatic carbocycles. The molecule has 1 aromatic heterocycles. The number of nitrogens with zero attached hydrogens (tertiary/aromatic N) is 3. The van der Waals surface area contributed by atoms with Gasteiger partial charge < -0.3 is 15.2 Å². The van der Waals surface area contributed by atoms with E-state index < -0.39 is 0 Å². The van der Waals surface area contributed by atoms with Gasteiger partial charge in [0.05, 0.1) is 6.54 Å². The van der Waals surface area contributed by atoms with Crippen molar-refractivity contribution in [3.63, 3.8) is 0 Å². The lowest BCUT2D eigenvalue weighted by molar-refractivity contribution is 0.256. The van der Waals surface area contributed by atoms with Crippen LogP contribution in [0.15, 0.2) is 23.3 Å². The predicted molar refractivity (Wildman–Crippen MR) is 86.3 cm³/mol. The first kappa shape index (κ1) is 14.4. The zero-order chi connectivity index (χ0) is 14.8. The third-order valence-electron chi connectivity index (χ3n) is 4.69. The van der Waals surface area contributed by atoms with Gasteiger partial charge in [0.15, 0.2) is 5.96 Å². The maximum absolute atomic E-state index is 4.36. The van der Waals surface area contributed by atoms with Gasteiger partial charge in [-0.3, -0.25) is 9.89 Å². The van der Waals surface area contributed by atoms with Crippen molar-refractivity contribution in [3.8, 4) is 0 Å². The molecule has 2 fully saturated rings. The number of nitrogens with one attached hydrogen (secondary N) is 2. The fourth-order valence-corrected chi connectivity index (χ4v) is 3.32. The summed E-state index contributed by atoms with van der Waals surface area (Å²) in [6.07, 6.45) is 6.05. The standard InChI is InChI=1S/C16H27N5/c1-12-9-13(11-21(12)14-6-7-14)19-16(17-2)18-10-15-5-4-8-20(15)3/h4-5,8,12-14H,6-7,9-11H2,1-3H3,(H2,17,18,19). The second-order valence-corrected chi connectivity index (χ2v) is 6.39. The molecule has 0 radical (unpaired) electrons. The Morgan fingerprint density at radius 2 is 2.24 bits per heavy atom. The fourth-order valence-electron chi connectivity index (χ4n) is 3.32. The highest BCUT2D eigenvalue weighted by molar-refractivity contribution is 5.80. The topological polar surface area (TPSA) is 44.6 Å². The van der Waals surface area contributed by atoms with Crippen LogP contribution in [0.25, 0.3) is 0 Å². The van der Waals surface area contributed by atoms with Crippen LogP contribution in [-0.4, -0.2) is 47.1 Å². The van der Waals surface area contributed by atoms with Gasteiger partial charge in [0.1, 0.15) is 0 Å². The van der Waals surface area contributed by atoms with Crippen molar-refractivity contribution in [2.75, 3.05) is 13.6 Å². The molecule has 5 nitrogen and oxygen atoms in total. The Labute approximate surface area is 127 Å². The molecule has 2 N–H and O–H groups in total. The van der Waals surface area contributed by atoms with Crippen molar-refractivity contribution in [1.29, 1.82) is 0 Å². The van der Waals surface area contributed by atoms with Crippen LogP contribution in [0, 0.1) is 0 Å². The monoisotopic (exact) mass is 289 g/mol. The van der Waals surface area contributed by atoms with E-state index in [4.69, 9.17) is 0 Å². The number of aromatic nitrogens is 1. The van der Waals surface area contributed by atoms with Crippen molar-refractivity contribution in [2.24, 2.45) is 12.0 Å². The minimum atomic E-state index is 0.514. The van der Waals surface area contributed by atoms with Crippen LogP contribution in [0.4, 0.5) is 0 Å². The molecular weight excluding hydrogens is 262 g/mol. The van der Waals surface area contributed by atoms with E-state index >= 15 is 0 Å². The molecule has 3 rings (SSSR count). The minimum absolute atomic E-state index is 0.514. The first-order chi connectivity index (χ1) is 10.2. The van der Waals surface area contributed by atoms with E-state index in [2.05, 4.69) is 57.4 Å². The Morgan fingerprint density at radius 3 is 2.86 bits per heavy atom. The second-order valence-electron chi connectivity index (χ2n) is 6.39. The van der Waals surface area contributed by atoms with Crippen LogP contribution in [0.1, 0.15) is 31.9 Å². The van der Waals surface area contributed by atoms with Gasteiger partial charge in [-0.25, -0.2) is 0 Å². The Balaban J connectivity index is 1.50. The van der Waals surface area contributed by atoms with Crippen LogP contribution in [0.2, 0.25) is 0 Å². The molecule has 0 bridgehead atoms. The van der Waals surface area contributed by atoms with Gasteiger partial charge in [-0.1, -0.05) is 0 Å². The summed E-state index contributed by atoms with van der Waals surface area (Å²) in [6.45, 7) is 4.30. The lowest BCUT2D eigenvalue weighted by Gasteiger charge is -2.20. The number of rotatable bonds is 4. The van der Waals surface area contributed by atoms with E-state index in [9.17, 15) is 0 Å². The lowest BCUT2D eigenvalue weighted by atomic mass is 10.2. The Hall–Kier alpha value is -1.49. The summed E-state index contributed by atoms with van der Waals surface area (Å²) in [6, 6.07) is 6.26. The molecular formula is C16H27N5. The number of aryl methyl sites for hydroxylation is 1. The molecule has 0 amide bonds. The Bertz CT molecular complexity index is 503. The largest absolute Gasteiger partial charge is 0.353 e. The summed E-state index contributed by atoms with van der Waals surface area (Å²) < 4.78 is 2.13. The molecule has 1 aromatic rings. The highest BCUT2D eigenvalue weighted by Gasteiger charge is 2.38. The summed E-state index contributed by atoms with van der Waals surface area (Å²) in [7, 11) is 3.91. The van der Waals surface area contributed by atoms with Crippen LogP contribution >= 0.6 is 0 Å². The molecule has 2 aliphatic rings. The third kappa shape index (κ3) is 3.40. The number of likely N-dealkylation sites (tertiary alicyclic amines) is 1. The molecule has 1 aliphatic heterocycles. The highest BCUT2D eigenvalue weighted by atomic mass is 15.3. The van der Waals surface area contributed by atoms with Gasteiger partial charge in [0.2, 0.25) is 0 Å². The Morgan fingerprint density at radius 1 is 1.43 bits per heavy atom. The van der Waals surface area contributed by atoms with Gasteiger partial charge in [0.25, 0.3) is 0 Å². The van der Waals surface area contributed by atoms with Gasteiger partial charge in [0, 0.05) is 50.7 Å². The van der Waals surface area contributed by atoms with Crippen LogP contribution in [0.5, 0.6) is 0 Å². The molecule has 2 atom stereocenters. The van der Waals surface area contributed by atoms with Crippen molar-refractivity contribution < 1.29 is 0 Å². The first-order valence-corrected chi connectivity index (χ1v) is 8.00. The Kier molecular flexibility index (Phi) is 4.19. The summed E-state index contributed by atoms with van der Waals surface area (Å²) >= 11 is 0. The molecule has 2 heterocycles. The van der Waals surface area contributed by atoms with Crippen LogP contribution < -0.4 is 10.6 Å². The van der Waals surface area contributed by atoms with Gasteiger partial charge in [-0.15, -0.1) is 0 Å². The van der Waals surface area contributed by atoms with Crippen molar-refractivity contribution >= 4 is 5.96 Å². The summed E-state index contributed by atoms with van der Waals surface area (Å²) in [4.78, 5) is 7.01. The number of aliphatic imine (C=N–C) groups is 1. The predicted octanol–water partition coefficient (Wildman–Crippen LogP) is 1.32. The van der Waals surface area contributed by atoms with E-state index in [0.29, 0.717) is 12.1 Å². The molecule has 0 spiro atoms. The average Bonchev–Trinajstić information content (AvgIpc) is 3.13. The van der Waals surface area contributed by atoms with Crippen LogP contribution in [-0.2, 0) is 13.6 Å². The lowest BCUT2D eigenvalue weighted by Crippen LogP contribution is -2.44. The molecule has 5 heteroatoms. The maximum atomic E-state index is 4.36. The SMILES string of the molecule is CN=C(NCc1cccn1C)NC1CC(C)N(C2CC2)C1. The van der Waals surface area contributed by atoms with Crippen molar-refractivity contribution in [3.05, 3.63) is 24.0 Å². The summed E-state index contributed by atoms with van der Waals surface area (Å²) in [5.74, 6) is 0.908. The summed E-state index contributed by atoms with van der Waals surface area (Å²) in [5.41, 5.74) is 1.26. The van der Waals surface area contributed by atoms with Gasteiger partial charge in [-0.2, -0.15) is 0 Å². The number of hydrogen-bond donors (Lipinski definition) is 2. The average molecular weight is 289 g/mol. The van der Waals surface area contributed by atoms with E-state index in [1.807, 2.05) is 7.05 Å². The maximum Gasteiger partial charge on any atom is 0.191 e. The third-order valence-corrected chi connectivity index (χ3v) is 4.69. The van der Waals surface area contributed by atoms with Crippen molar-refractivity contribution in [2.45, 2.75) is 50.9 Å². The van der Waals surface area contributed by atoms with Crippen LogP contribution in [0.3, 0.4) is 0 Å². The van der Waals surface area contributed by atoms with E-state index in [1.54, 1.807) is 0 Å². The zero-order valence-corrected chi connectivity index (χ0v) is 13.3. The molecule has 21 heavy (non-hydrogen) atoms. The fraction of sp³-hybridized carbons (Fsp3) is 0.688. The molecule has 1 aliphatic carbocycles. The van der Waals surface area contributed by atoms with E-state index in [-0.39, 0.29) is 0 Å². The molecule has 1 saturated heterocycles. The first-order valence-electron chi connectivity index (χ1n) is 8.00. The van der Waals surface area contributed by atoms with Gasteiger partial charge in [-0.05, 0) is 38.3 Å². The molecule has 1 saturated carbocycles. The normalized spacial score (nSPS) is 27.1. The number of hydrogen-bond acceptors (Lipinski definition) is 2. The quantitative estimate of drug-likeness (QED) is 0.649. The smallest absolute Gasteiger partial charge is 0.191 e. The second kappa shape index (κ2) is 6.10. The zero-order valence-electron chi connectivity index (χ0n) is 13.3. The van der Waals surface area contributed by atoms with Gasteiger partial charge >= 0.3 is 0 Å². The number of guanidine groups is 1. The molecule has 116 valence electrons. The molecule has 2 unspecified atom stereocenters. The van der Waals surface area contributed by atoms with E-state index in [0.717, 1.165) is 25.1 Å². The minimum Gasteiger partial charge on any atom is -0.353 e.